The summed E-state index contributed by atoms with van der Waals surface area (Å²) in [4.78, 5) is 24.9. The van der Waals surface area contributed by atoms with Crippen LogP contribution in [0.3, 0.4) is 0 Å². The Morgan fingerprint density at radius 1 is 0.931 bits per heavy atom. The molecule has 144 valence electrons. The van der Waals surface area contributed by atoms with Gasteiger partial charge in [0.25, 0.3) is 5.91 Å². The van der Waals surface area contributed by atoms with E-state index >= 15 is 0 Å². The first kappa shape index (κ1) is 18.6. The van der Waals surface area contributed by atoms with Crippen molar-refractivity contribution < 1.29 is 9.59 Å². The highest BCUT2D eigenvalue weighted by Crippen LogP contribution is 2.23. The van der Waals surface area contributed by atoms with E-state index in [1.54, 1.807) is 10.9 Å². The van der Waals surface area contributed by atoms with Crippen LogP contribution in [-0.2, 0) is 11.2 Å². The summed E-state index contributed by atoms with van der Waals surface area (Å²) in [5.41, 5.74) is 8.45. The van der Waals surface area contributed by atoms with Crippen molar-refractivity contribution in [3.05, 3.63) is 94.8 Å². The van der Waals surface area contributed by atoms with E-state index in [-0.39, 0.29) is 12.3 Å². The van der Waals surface area contributed by atoms with Crippen LogP contribution in [-0.4, -0.2) is 21.6 Å². The van der Waals surface area contributed by atoms with Gasteiger partial charge in [-0.3, -0.25) is 20.4 Å². The van der Waals surface area contributed by atoms with E-state index in [9.17, 15) is 9.59 Å². The van der Waals surface area contributed by atoms with Gasteiger partial charge in [0.15, 0.2) is 0 Å². The van der Waals surface area contributed by atoms with Crippen LogP contribution in [0.2, 0.25) is 0 Å². The number of carbonyl (C=O) groups excluding carboxylic acids is 2. The molecule has 2 aromatic carbocycles. The number of para-hydroxylation sites is 1. The van der Waals surface area contributed by atoms with Gasteiger partial charge in [-0.15, -0.1) is 0 Å². The Morgan fingerprint density at radius 2 is 1.66 bits per heavy atom. The molecule has 0 aliphatic heterocycles. The zero-order valence-corrected chi connectivity index (χ0v) is 16.2. The summed E-state index contributed by atoms with van der Waals surface area (Å²) in [7, 11) is 0. The minimum Gasteiger partial charge on any atom is -0.273 e. The fourth-order valence-corrected chi connectivity index (χ4v) is 3.55. The first-order valence-electron chi connectivity index (χ1n) is 9.01. The molecule has 0 aliphatic carbocycles. The average molecular weight is 402 g/mol. The lowest BCUT2D eigenvalue weighted by molar-refractivity contribution is -0.121. The molecule has 0 saturated carbocycles. The maximum Gasteiger partial charge on any atom is 0.273 e. The van der Waals surface area contributed by atoms with Crippen molar-refractivity contribution in [2.24, 2.45) is 0 Å². The molecule has 6 nitrogen and oxygen atoms in total. The van der Waals surface area contributed by atoms with Crippen LogP contribution in [0, 0.1) is 0 Å². The molecule has 0 bridgehead atoms. The Labute approximate surface area is 171 Å². The largest absolute Gasteiger partial charge is 0.273 e. The van der Waals surface area contributed by atoms with E-state index < -0.39 is 5.91 Å². The third-order valence-electron chi connectivity index (χ3n) is 4.29. The Hall–Kier alpha value is -3.71. The van der Waals surface area contributed by atoms with Gasteiger partial charge in [-0.1, -0.05) is 48.5 Å². The summed E-state index contributed by atoms with van der Waals surface area (Å²) >= 11 is 1.52. The molecular weight excluding hydrogens is 384 g/mol. The normalized spacial score (nSPS) is 10.5. The van der Waals surface area contributed by atoms with Gasteiger partial charge in [0.2, 0.25) is 5.91 Å². The number of hydrogen-bond donors (Lipinski definition) is 2. The smallest absolute Gasteiger partial charge is 0.273 e. The second kappa shape index (κ2) is 8.53. The highest BCUT2D eigenvalue weighted by atomic mass is 32.1. The van der Waals surface area contributed by atoms with Gasteiger partial charge in [-0.25, -0.2) is 4.68 Å². The van der Waals surface area contributed by atoms with Crippen molar-refractivity contribution in [2.45, 2.75) is 6.42 Å². The number of nitrogens with one attached hydrogen (secondary N) is 2. The van der Waals surface area contributed by atoms with E-state index in [2.05, 4.69) is 16.0 Å². The summed E-state index contributed by atoms with van der Waals surface area (Å²) in [6.07, 6.45) is 1.87. The van der Waals surface area contributed by atoms with Crippen molar-refractivity contribution in [3.63, 3.8) is 0 Å². The van der Waals surface area contributed by atoms with Gasteiger partial charge in [0.1, 0.15) is 5.69 Å². The second-order valence-electron chi connectivity index (χ2n) is 6.35. The molecule has 7 heteroatoms. The fourth-order valence-electron chi connectivity index (χ4n) is 2.88. The zero-order valence-electron chi connectivity index (χ0n) is 15.4. The van der Waals surface area contributed by atoms with Crippen LogP contribution in [0.25, 0.3) is 16.9 Å². The molecule has 0 saturated heterocycles. The molecule has 0 spiro atoms. The molecule has 0 fully saturated rings. The molecule has 2 amide bonds. The maximum atomic E-state index is 12.8. The Kier molecular flexibility index (Phi) is 5.49. The molecule has 2 N–H and O–H groups in total. The molecular formula is C22H18N4O2S. The lowest BCUT2D eigenvalue weighted by atomic mass is 10.1. The Morgan fingerprint density at radius 3 is 2.34 bits per heavy atom. The molecule has 29 heavy (non-hydrogen) atoms. The van der Waals surface area contributed by atoms with Gasteiger partial charge in [-0.2, -0.15) is 16.4 Å². The molecule has 0 atom stereocenters. The summed E-state index contributed by atoms with van der Waals surface area (Å²) < 4.78 is 1.66. The Bertz CT molecular complexity index is 1110. The van der Waals surface area contributed by atoms with E-state index in [0.717, 1.165) is 16.8 Å². The molecule has 2 aromatic heterocycles. The van der Waals surface area contributed by atoms with Gasteiger partial charge in [0.05, 0.1) is 17.7 Å². The summed E-state index contributed by atoms with van der Waals surface area (Å²) in [5.74, 6) is -0.710. The number of nitrogens with zero attached hydrogens (tertiary/aromatic N) is 2. The average Bonchev–Trinajstić information content (AvgIpc) is 3.43. The number of carbonyl (C=O) groups is 2. The first-order chi connectivity index (χ1) is 14.2. The number of benzene rings is 2. The molecule has 0 radical (unpaired) electrons. The number of hydrogen-bond acceptors (Lipinski definition) is 4. The van der Waals surface area contributed by atoms with Crippen molar-refractivity contribution in [1.29, 1.82) is 0 Å². The number of thiophene rings is 1. The van der Waals surface area contributed by atoms with Gasteiger partial charge < -0.3 is 0 Å². The monoisotopic (exact) mass is 402 g/mol. The van der Waals surface area contributed by atoms with Gasteiger partial charge in [-0.05, 0) is 34.5 Å². The maximum absolute atomic E-state index is 12.8. The minimum atomic E-state index is -0.426. The SMILES string of the molecule is O=C(Cc1ccsc1)NNC(=O)c1cn(-c2ccccc2)nc1-c1ccccc1. The predicted molar refractivity (Wildman–Crippen MR) is 113 cm³/mol. The zero-order chi connectivity index (χ0) is 20.1. The lowest BCUT2D eigenvalue weighted by Crippen LogP contribution is -2.42. The fraction of sp³-hybridized carbons (Fsp3) is 0.0455. The van der Waals surface area contributed by atoms with Gasteiger partial charge >= 0.3 is 0 Å². The number of rotatable bonds is 5. The molecule has 4 rings (SSSR count). The third-order valence-corrected chi connectivity index (χ3v) is 5.02. The van der Waals surface area contributed by atoms with Gasteiger partial charge in [0, 0.05) is 11.8 Å². The van der Waals surface area contributed by atoms with E-state index in [1.807, 2.05) is 77.5 Å². The van der Waals surface area contributed by atoms with Crippen molar-refractivity contribution >= 4 is 23.2 Å². The van der Waals surface area contributed by atoms with E-state index in [4.69, 9.17) is 0 Å². The third kappa shape index (κ3) is 4.41. The topological polar surface area (TPSA) is 76.0 Å². The van der Waals surface area contributed by atoms with Crippen LogP contribution in [0.4, 0.5) is 0 Å². The predicted octanol–water partition coefficient (Wildman–Crippen LogP) is 3.60. The summed E-state index contributed by atoms with van der Waals surface area (Å²) in [6.45, 7) is 0. The highest BCUT2D eigenvalue weighted by molar-refractivity contribution is 7.08. The summed E-state index contributed by atoms with van der Waals surface area (Å²) in [5, 5.41) is 8.41. The summed E-state index contributed by atoms with van der Waals surface area (Å²) in [6, 6.07) is 20.9. The molecule has 4 aromatic rings. The van der Waals surface area contributed by atoms with E-state index in [0.29, 0.717) is 11.3 Å². The standard InChI is InChI=1S/C22H18N4O2S/c27-20(13-16-11-12-29-15-16)23-24-22(28)19-14-26(18-9-5-2-6-10-18)25-21(19)17-7-3-1-4-8-17/h1-12,14-15H,13H2,(H,23,27)(H,24,28). The lowest BCUT2D eigenvalue weighted by Gasteiger charge is -2.07. The molecule has 2 heterocycles. The second-order valence-corrected chi connectivity index (χ2v) is 7.13. The van der Waals surface area contributed by atoms with Crippen LogP contribution in [0.5, 0.6) is 0 Å². The number of amides is 2. The van der Waals surface area contributed by atoms with Crippen LogP contribution >= 0.6 is 11.3 Å². The van der Waals surface area contributed by atoms with Crippen LogP contribution in [0.1, 0.15) is 15.9 Å². The minimum absolute atomic E-state index is 0.207. The van der Waals surface area contributed by atoms with Crippen molar-refractivity contribution in [3.8, 4) is 16.9 Å². The van der Waals surface area contributed by atoms with Crippen LogP contribution < -0.4 is 10.9 Å². The van der Waals surface area contributed by atoms with E-state index in [1.165, 1.54) is 11.3 Å². The first-order valence-corrected chi connectivity index (χ1v) is 9.96. The molecule has 0 unspecified atom stereocenters. The molecule has 0 aliphatic rings. The number of aromatic nitrogens is 2. The quantitative estimate of drug-likeness (QED) is 0.501. The van der Waals surface area contributed by atoms with Crippen molar-refractivity contribution in [1.82, 2.24) is 20.6 Å². The Balaban J connectivity index is 1.57. The van der Waals surface area contributed by atoms with Crippen LogP contribution in [0.15, 0.2) is 83.7 Å². The van der Waals surface area contributed by atoms with Crippen molar-refractivity contribution in [2.75, 3.05) is 0 Å². The highest BCUT2D eigenvalue weighted by Gasteiger charge is 2.19. The number of hydrazine groups is 1.